The fraction of sp³-hybridized carbons (Fsp3) is 0.167. The number of nitrogens with zero attached hydrogens (tertiary/aromatic N) is 2. The summed E-state index contributed by atoms with van der Waals surface area (Å²) in [5.74, 6) is 0.831. The second-order valence-corrected chi connectivity index (χ2v) is 4.43. The summed E-state index contributed by atoms with van der Waals surface area (Å²) < 4.78 is 5.20. The van der Waals surface area contributed by atoms with Crippen molar-refractivity contribution in [2.75, 3.05) is 12.4 Å². The molecule has 0 bridgehead atoms. The molecule has 0 amide bonds. The Morgan fingerprint density at radius 1 is 1.17 bits per heavy atom. The van der Waals surface area contributed by atoms with E-state index in [1.54, 1.807) is 13.2 Å². The van der Waals surface area contributed by atoms with Crippen LogP contribution in [-0.4, -0.2) is 17.3 Å². The second-order valence-electron chi connectivity index (χ2n) is 3.68. The highest BCUT2D eigenvalue weighted by atomic mass is 35.5. The molecule has 0 spiro atoms. The van der Waals surface area contributed by atoms with E-state index in [2.05, 4.69) is 15.5 Å². The third-order valence-electron chi connectivity index (χ3n) is 2.39. The lowest BCUT2D eigenvalue weighted by Crippen LogP contribution is -1.96. The summed E-state index contributed by atoms with van der Waals surface area (Å²) in [5.41, 5.74) is 2.51. The molecule has 0 aliphatic carbocycles. The lowest BCUT2D eigenvalue weighted by Gasteiger charge is -2.10. The van der Waals surface area contributed by atoms with Gasteiger partial charge in [0.2, 0.25) is 0 Å². The monoisotopic (exact) mass is 283 g/mol. The SMILES string of the molecule is COc1ccc(Nc2cc(Cl)nnc2Cl)cc1C. The Balaban J connectivity index is 2.28. The molecule has 2 aromatic rings. The van der Waals surface area contributed by atoms with Crippen LogP contribution in [0.1, 0.15) is 5.56 Å². The minimum atomic E-state index is 0.271. The van der Waals surface area contributed by atoms with Crippen LogP contribution in [0.2, 0.25) is 10.3 Å². The van der Waals surface area contributed by atoms with Crippen LogP contribution < -0.4 is 10.1 Å². The molecular weight excluding hydrogens is 273 g/mol. The van der Waals surface area contributed by atoms with Crippen LogP contribution >= 0.6 is 23.2 Å². The number of anilines is 2. The highest BCUT2D eigenvalue weighted by Crippen LogP contribution is 2.27. The summed E-state index contributed by atoms with van der Waals surface area (Å²) in [6.45, 7) is 1.96. The zero-order chi connectivity index (χ0) is 13.1. The van der Waals surface area contributed by atoms with E-state index >= 15 is 0 Å². The summed E-state index contributed by atoms with van der Waals surface area (Å²) in [7, 11) is 1.64. The number of aromatic nitrogens is 2. The van der Waals surface area contributed by atoms with Gasteiger partial charge in [0, 0.05) is 11.8 Å². The molecule has 0 aliphatic rings. The van der Waals surface area contributed by atoms with Crippen LogP contribution in [0.15, 0.2) is 24.3 Å². The lowest BCUT2D eigenvalue weighted by molar-refractivity contribution is 0.412. The molecule has 0 atom stereocenters. The molecule has 1 aromatic carbocycles. The molecule has 1 aromatic heterocycles. The number of halogens is 2. The number of hydrogen-bond donors (Lipinski definition) is 1. The maximum absolute atomic E-state index is 5.93. The van der Waals surface area contributed by atoms with E-state index in [4.69, 9.17) is 27.9 Å². The Labute approximate surface area is 115 Å². The largest absolute Gasteiger partial charge is 0.496 e. The van der Waals surface area contributed by atoms with Crippen LogP contribution in [0.4, 0.5) is 11.4 Å². The van der Waals surface area contributed by atoms with Gasteiger partial charge < -0.3 is 10.1 Å². The Morgan fingerprint density at radius 3 is 2.61 bits per heavy atom. The zero-order valence-electron chi connectivity index (χ0n) is 9.87. The number of aryl methyl sites for hydroxylation is 1. The Hall–Kier alpha value is -1.52. The van der Waals surface area contributed by atoms with Crippen LogP contribution in [0.5, 0.6) is 5.75 Å². The Morgan fingerprint density at radius 2 is 1.94 bits per heavy atom. The van der Waals surface area contributed by atoms with Gasteiger partial charge in [-0.3, -0.25) is 0 Å². The molecule has 0 fully saturated rings. The lowest BCUT2D eigenvalue weighted by atomic mass is 10.2. The molecular formula is C12H11Cl2N3O. The van der Waals surface area contributed by atoms with Crippen molar-refractivity contribution in [1.29, 1.82) is 0 Å². The van der Waals surface area contributed by atoms with Crippen LogP contribution in [0.3, 0.4) is 0 Å². The number of benzene rings is 1. The van der Waals surface area contributed by atoms with Gasteiger partial charge in [-0.05, 0) is 30.7 Å². The van der Waals surface area contributed by atoms with Crippen molar-refractivity contribution >= 4 is 34.6 Å². The standard InChI is InChI=1S/C12H11Cl2N3O/c1-7-5-8(3-4-10(7)18-2)15-9-6-11(13)16-17-12(9)14/h3-6H,1-2H3,(H,15,16). The fourth-order valence-corrected chi connectivity index (χ4v) is 1.84. The van der Waals surface area contributed by atoms with Crippen molar-refractivity contribution < 1.29 is 4.74 Å². The molecule has 0 saturated heterocycles. The van der Waals surface area contributed by atoms with Gasteiger partial charge in [0.1, 0.15) is 5.75 Å². The van der Waals surface area contributed by atoms with Gasteiger partial charge in [-0.1, -0.05) is 23.2 Å². The van der Waals surface area contributed by atoms with Crippen molar-refractivity contribution in [3.8, 4) is 5.75 Å². The van der Waals surface area contributed by atoms with E-state index in [0.29, 0.717) is 5.69 Å². The number of hydrogen-bond acceptors (Lipinski definition) is 4. The van der Waals surface area contributed by atoms with Crippen LogP contribution in [0.25, 0.3) is 0 Å². The van der Waals surface area contributed by atoms with Gasteiger partial charge in [0.15, 0.2) is 10.3 Å². The van der Waals surface area contributed by atoms with E-state index in [-0.39, 0.29) is 10.3 Å². The number of rotatable bonds is 3. The third-order valence-corrected chi connectivity index (χ3v) is 2.86. The molecule has 2 rings (SSSR count). The van der Waals surface area contributed by atoms with Crippen molar-refractivity contribution in [2.45, 2.75) is 6.92 Å². The van der Waals surface area contributed by atoms with Crippen molar-refractivity contribution in [3.05, 3.63) is 40.1 Å². The molecule has 94 valence electrons. The topological polar surface area (TPSA) is 47.0 Å². The number of methoxy groups -OCH3 is 1. The summed E-state index contributed by atoms with van der Waals surface area (Å²) in [6.07, 6.45) is 0. The van der Waals surface area contributed by atoms with E-state index in [0.717, 1.165) is 17.0 Å². The zero-order valence-corrected chi connectivity index (χ0v) is 11.4. The maximum atomic E-state index is 5.93. The van der Waals surface area contributed by atoms with E-state index in [9.17, 15) is 0 Å². The minimum absolute atomic E-state index is 0.271. The first-order valence-electron chi connectivity index (χ1n) is 5.20. The first kappa shape index (κ1) is 12.9. The van der Waals surface area contributed by atoms with Gasteiger partial charge in [0.25, 0.3) is 0 Å². The molecule has 1 heterocycles. The second kappa shape index (κ2) is 5.42. The predicted molar refractivity (Wildman–Crippen MR) is 73.1 cm³/mol. The Kier molecular flexibility index (Phi) is 3.89. The van der Waals surface area contributed by atoms with Gasteiger partial charge in [-0.15, -0.1) is 10.2 Å². The molecule has 4 nitrogen and oxygen atoms in total. The van der Waals surface area contributed by atoms with E-state index in [1.807, 2.05) is 25.1 Å². The fourth-order valence-electron chi connectivity index (χ4n) is 1.55. The molecule has 0 unspecified atom stereocenters. The average Bonchev–Trinajstić information content (AvgIpc) is 2.34. The highest BCUT2D eigenvalue weighted by Gasteiger charge is 2.06. The predicted octanol–water partition coefficient (Wildman–Crippen LogP) is 3.84. The summed E-state index contributed by atoms with van der Waals surface area (Å²) in [5, 5.41) is 11.1. The quantitative estimate of drug-likeness (QED) is 0.930. The van der Waals surface area contributed by atoms with Gasteiger partial charge >= 0.3 is 0 Å². The van der Waals surface area contributed by atoms with Crippen molar-refractivity contribution in [3.63, 3.8) is 0 Å². The van der Waals surface area contributed by atoms with Gasteiger partial charge in [0.05, 0.1) is 12.8 Å². The molecule has 0 radical (unpaired) electrons. The minimum Gasteiger partial charge on any atom is -0.496 e. The van der Waals surface area contributed by atoms with Crippen LogP contribution in [0, 0.1) is 6.92 Å². The Bertz CT molecular complexity index is 575. The summed E-state index contributed by atoms with van der Waals surface area (Å²) >= 11 is 11.7. The van der Waals surface area contributed by atoms with Crippen molar-refractivity contribution in [2.24, 2.45) is 0 Å². The first-order chi connectivity index (χ1) is 8.60. The average molecular weight is 284 g/mol. The molecule has 6 heteroatoms. The summed E-state index contributed by atoms with van der Waals surface area (Å²) in [4.78, 5) is 0. The van der Waals surface area contributed by atoms with Gasteiger partial charge in [-0.2, -0.15) is 0 Å². The van der Waals surface area contributed by atoms with Crippen LogP contribution in [-0.2, 0) is 0 Å². The van der Waals surface area contributed by atoms with E-state index in [1.165, 1.54) is 0 Å². The number of nitrogens with one attached hydrogen (secondary N) is 1. The molecule has 0 aliphatic heterocycles. The molecule has 18 heavy (non-hydrogen) atoms. The third kappa shape index (κ3) is 2.83. The molecule has 0 saturated carbocycles. The smallest absolute Gasteiger partial charge is 0.175 e. The highest BCUT2D eigenvalue weighted by molar-refractivity contribution is 6.33. The van der Waals surface area contributed by atoms with Gasteiger partial charge in [-0.25, -0.2) is 0 Å². The number of ether oxygens (including phenoxy) is 1. The van der Waals surface area contributed by atoms with Crippen molar-refractivity contribution in [1.82, 2.24) is 10.2 Å². The first-order valence-corrected chi connectivity index (χ1v) is 5.96. The normalized spacial score (nSPS) is 10.2. The maximum Gasteiger partial charge on any atom is 0.175 e. The van der Waals surface area contributed by atoms with E-state index < -0.39 is 0 Å². The summed E-state index contributed by atoms with van der Waals surface area (Å²) in [6, 6.07) is 7.33. The molecule has 1 N–H and O–H groups in total.